The average Bonchev–Trinajstić information content (AvgIpc) is 3.26. The van der Waals surface area contributed by atoms with Crippen molar-refractivity contribution in [2.75, 3.05) is 12.4 Å². The number of hydrogen-bond acceptors (Lipinski definition) is 7. The highest BCUT2D eigenvalue weighted by atomic mass is 35.5. The van der Waals surface area contributed by atoms with Gasteiger partial charge in [0.25, 0.3) is 11.4 Å². The summed E-state index contributed by atoms with van der Waals surface area (Å²) in [6.45, 7) is -0.281. The van der Waals surface area contributed by atoms with E-state index in [0.717, 1.165) is 4.68 Å². The smallest absolute Gasteiger partial charge is 0.278 e. The van der Waals surface area contributed by atoms with E-state index in [1.54, 1.807) is 55.6 Å². The summed E-state index contributed by atoms with van der Waals surface area (Å²) >= 11 is 5.89. The Balaban J connectivity index is 1.51. The van der Waals surface area contributed by atoms with Gasteiger partial charge in [0.05, 0.1) is 7.11 Å². The van der Waals surface area contributed by atoms with Gasteiger partial charge in [0.2, 0.25) is 11.7 Å². The van der Waals surface area contributed by atoms with Gasteiger partial charge in [-0.1, -0.05) is 16.8 Å². The first-order valence-electron chi connectivity index (χ1n) is 9.14. The van der Waals surface area contributed by atoms with E-state index in [0.29, 0.717) is 27.8 Å². The number of hydrogen-bond donors (Lipinski definition) is 1. The first kappa shape index (κ1) is 20.3. The third kappa shape index (κ3) is 4.78. The second kappa shape index (κ2) is 8.80. The zero-order chi connectivity index (χ0) is 21.8. The molecule has 0 aliphatic rings. The number of carbonyl (C=O) groups is 1. The molecule has 0 bridgehead atoms. The van der Waals surface area contributed by atoms with Crippen molar-refractivity contribution >= 4 is 23.2 Å². The van der Waals surface area contributed by atoms with Crippen LogP contribution >= 0.6 is 11.6 Å². The number of benzene rings is 2. The van der Waals surface area contributed by atoms with Crippen LogP contribution in [0.2, 0.25) is 5.02 Å². The summed E-state index contributed by atoms with van der Waals surface area (Å²) in [6, 6.07) is 16.5. The molecule has 0 saturated carbocycles. The van der Waals surface area contributed by atoms with E-state index in [2.05, 4.69) is 20.6 Å². The highest BCUT2D eigenvalue weighted by Crippen LogP contribution is 2.22. The molecule has 1 N–H and O–H groups in total. The standard InChI is InChI=1S/C21H16ClN5O4/c1-30-16-8-6-15(7-9-16)23-18(28)12-27-19(29)11-10-17(25-27)21-24-20(26-31-21)13-2-4-14(22)5-3-13/h2-11H,12H2,1H3,(H,23,28). The molecule has 31 heavy (non-hydrogen) atoms. The molecular weight excluding hydrogens is 422 g/mol. The van der Waals surface area contributed by atoms with Crippen LogP contribution in [0.25, 0.3) is 23.0 Å². The third-order valence-electron chi connectivity index (χ3n) is 4.28. The molecule has 156 valence electrons. The van der Waals surface area contributed by atoms with Gasteiger partial charge in [-0.2, -0.15) is 10.1 Å². The lowest BCUT2D eigenvalue weighted by Crippen LogP contribution is -2.29. The summed E-state index contributed by atoms with van der Waals surface area (Å²) in [4.78, 5) is 28.8. The van der Waals surface area contributed by atoms with Crippen LogP contribution in [0.4, 0.5) is 5.69 Å². The minimum atomic E-state index is -0.439. The molecule has 0 unspecified atom stereocenters. The lowest BCUT2D eigenvalue weighted by Gasteiger charge is -2.08. The quantitative estimate of drug-likeness (QED) is 0.492. The maximum Gasteiger partial charge on any atom is 0.278 e. The Hall–Kier alpha value is -3.98. The molecule has 0 aliphatic heterocycles. The van der Waals surface area contributed by atoms with Crippen molar-refractivity contribution in [3.8, 4) is 28.7 Å². The molecule has 2 aromatic carbocycles. The Kier molecular flexibility index (Phi) is 5.76. The van der Waals surface area contributed by atoms with Crippen LogP contribution in [-0.2, 0) is 11.3 Å². The summed E-state index contributed by atoms with van der Waals surface area (Å²) in [7, 11) is 1.56. The number of nitrogens with zero attached hydrogens (tertiary/aromatic N) is 4. The average molecular weight is 438 g/mol. The molecule has 2 heterocycles. The topological polar surface area (TPSA) is 112 Å². The van der Waals surface area contributed by atoms with Crippen LogP contribution in [0, 0.1) is 0 Å². The number of halogens is 1. The Labute approximate surface area is 181 Å². The van der Waals surface area contributed by atoms with Crippen molar-refractivity contribution < 1.29 is 14.1 Å². The first-order valence-corrected chi connectivity index (χ1v) is 9.52. The molecule has 2 aromatic heterocycles. The maximum atomic E-state index is 12.3. The van der Waals surface area contributed by atoms with E-state index < -0.39 is 11.5 Å². The predicted octanol–water partition coefficient (Wildman–Crippen LogP) is 3.26. The van der Waals surface area contributed by atoms with Crippen LogP contribution in [0.15, 0.2) is 70.0 Å². The Morgan fingerprint density at radius 3 is 2.55 bits per heavy atom. The summed E-state index contributed by atoms with van der Waals surface area (Å²) in [5.41, 5.74) is 1.11. The van der Waals surface area contributed by atoms with Gasteiger partial charge in [-0.15, -0.1) is 0 Å². The van der Waals surface area contributed by atoms with Crippen molar-refractivity contribution in [1.82, 2.24) is 19.9 Å². The summed E-state index contributed by atoms with van der Waals surface area (Å²) < 4.78 is 11.4. The zero-order valence-electron chi connectivity index (χ0n) is 16.3. The van der Waals surface area contributed by atoms with E-state index >= 15 is 0 Å². The SMILES string of the molecule is COc1ccc(NC(=O)Cn2nc(-c3nc(-c4ccc(Cl)cc4)no3)ccc2=O)cc1. The van der Waals surface area contributed by atoms with Crippen molar-refractivity contribution in [2.24, 2.45) is 0 Å². The maximum absolute atomic E-state index is 12.3. The predicted molar refractivity (Wildman–Crippen MR) is 114 cm³/mol. The number of methoxy groups -OCH3 is 1. The molecule has 0 radical (unpaired) electrons. The molecule has 4 rings (SSSR count). The van der Waals surface area contributed by atoms with Gasteiger partial charge in [-0.3, -0.25) is 9.59 Å². The van der Waals surface area contributed by atoms with Gasteiger partial charge in [-0.25, -0.2) is 4.68 Å². The normalized spacial score (nSPS) is 10.6. The largest absolute Gasteiger partial charge is 0.497 e. The van der Waals surface area contributed by atoms with Gasteiger partial charge in [0, 0.05) is 22.3 Å². The molecule has 0 aliphatic carbocycles. The molecule has 1 amide bonds. The fourth-order valence-electron chi connectivity index (χ4n) is 2.73. The molecule has 9 nitrogen and oxygen atoms in total. The highest BCUT2D eigenvalue weighted by molar-refractivity contribution is 6.30. The molecule has 4 aromatic rings. The van der Waals surface area contributed by atoms with Crippen LogP contribution in [-0.4, -0.2) is 32.9 Å². The molecule has 0 fully saturated rings. The van der Waals surface area contributed by atoms with Gasteiger partial charge in [-0.05, 0) is 54.6 Å². The minimum Gasteiger partial charge on any atom is -0.497 e. The molecule has 10 heteroatoms. The van der Waals surface area contributed by atoms with Crippen LogP contribution < -0.4 is 15.6 Å². The third-order valence-corrected chi connectivity index (χ3v) is 4.53. The van der Waals surface area contributed by atoms with Crippen LogP contribution in [0.5, 0.6) is 5.75 Å². The monoisotopic (exact) mass is 437 g/mol. The number of ether oxygens (including phenoxy) is 1. The van der Waals surface area contributed by atoms with Crippen molar-refractivity contribution in [3.05, 3.63) is 76.0 Å². The fraction of sp³-hybridized carbons (Fsp3) is 0.0952. The Morgan fingerprint density at radius 1 is 1.10 bits per heavy atom. The summed E-state index contributed by atoms with van der Waals surface area (Å²) in [5.74, 6) is 0.725. The van der Waals surface area contributed by atoms with Crippen LogP contribution in [0.3, 0.4) is 0 Å². The minimum absolute atomic E-state index is 0.120. The number of rotatable bonds is 6. The second-order valence-electron chi connectivity index (χ2n) is 6.42. The number of anilines is 1. The van der Waals surface area contributed by atoms with E-state index in [1.807, 2.05) is 0 Å². The van der Waals surface area contributed by atoms with Gasteiger partial charge in [0.15, 0.2) is 0 Å². The van der Waals surface area contributed by atoms with Gasteiger partial charge >= 0.3 is 0 Å². The molecule has 0 spiro atoms. The summed E-state index contributed by atoms with van der Waals surface area (Å²) in [6.07, 6.45) is 0. The van der Waals surface area contributed by atoms with Crippen molar-refractivity contribution in [2.45, 2.75) is 6.54 Å². The number of carbonyl (C=O) groups excluding carboxylic acids is 1. The zero-order valence-corrected chi connectivity index (χ0v) is 17.0. The summed E-state index contributed by atoms with van der Waals surface area (Å²) in [5, 5.41) is 11.4. The molecule has 0 saturated heterocycles. The first-order chi connectivity index (χ1) is 15.0. The van der Waals surface area contributed by atoms with Crippen LogP contribution in [0.1, 0.15) is 0 Å². The Morgan fingerprint density at radius 2 is 1.84 bits per heavy atom. The Bertz CT molecular complexity index is 1270. The fourth-order valence-corrected chi connectivity index (χ4v) is 2.86. The molecule has 0 atom stereocenters. The second-order valence-corrected chi connectivity index (χ2v) is 6.86. The number of amides is 1. The number of aromatic nitrogens is 4. The van der Waals surface area contributed by atoms with Gasteiger partial charge in [0.1, 0.15) is 18.0 Å². The van der Waals surface area contributed by atoms with E-state index in [4.69, 9.17) is 20.9 Å². The van der Waals surface area contributed by atoms with Crippen molar-refractivity contribution in [1.29, 1.82) is 0 Å². The molecular formula is C21H16ClN5O4. The van der Waals surface area contributed by atoms with Gasteiger partial charge < -0.3 is 14.6 Å². The van der Waals surface area contributed by atoms with E-state index in [-0.39, 0.29) is 18.1 Å². The lowest BCUT2D eigenvalue weighted by molar-refractivity contribution is -0.117. The van der Waals surface area contributed by atoms with E-state index in [1.165, 1.54) is 12.1 Å². The van der Waals surface area contributed by atoms with E-state index in [9.17, 15) is 9.59 Å². The van der Waals surface area contributed by atoms with Crippen molar-refractivity contribution in [3.63, 3.8) is 0 Å². The lowest BCUT2D eigenvalue weighted by atomic mass is 10.2. The number of nitrogens with one attached hydrogen (secondary N) is 1. The highest BCUT2D eigenvalue weighted by Gasteiger charge is 2.14.